The Balaban J connectivity index is 0.000000942. The van der Waals surface area contributed by atoms with E-state index in [0.29, 0.717) is 33.0 Å². The van der Waals surface area contributed by atoms with Gasteiger partial charge in [0, 0.05) is 17.7 Å². The highest BCUT2D eigenvalue weighted by Gasteiger charge is 2.22. The van der Waals surface area contributed by atoms with Gasteiger partial charge in [-0.3, -0.25) is 0 Å². The van der Waals surface area contributed by atoms with Crippen LogP contribution < -0.4 is 4.74 Å². The van der Waals surface area contributed by atoms with Crippen molar-refractivity contribution in [3.63, 3.8) is 0 Å². The van der Waals surface area contributed by atoms with E-state index in [1.54, 1.807) is 18.2 Å². The number of carbonyl (C=O) groups excluding carboxylic acids is 1. The number of aromatic nitrogens is 3. The predicted octanol–water partition coefficient (Wildman–Crippen LogP) is 11.0. The number of ether oxygens (including phenoxy) is 1. The van der Waals surface area contributed by atoms with E-state index in [1.165, 1.54) is 93.0 Å². The lowest BCUT2D eigenvalue weighted by atomic mass is 9.85. The monoisotopic (exact) mass is 651 g/mol. The maximum Gasteiger partial charge on any atom is 0.335 e. The Morgan fingerprint density at radius 1 is 0.891 bits per heavy atom. The molecule has 0 aliphatic rings. The number of phenolic OH excluding ortho intramolecular Hbond substituents is 1. The summed E-state index contributed by atoms with van der Waals surface area (Å²) >= 11 is 0. The summed E-state index contributed by atoms with van der Waals surface area (Å²) in [6, 6.07) is 9.04. The van der Waals surface area contributed by atoms with Crippen LogP contribution in [0.5, 0.6) is 11.5 Å². The number of esters is 1. The van der Waals surface area contributed by atoms with Gasteiger partial charge >= 0.3 is 5.97 Å². The Bertz CT molecular complexity index is 1390. The van der Waals surface area contributed by atoms with Gasteiger partial charge < -0.3 is 9.84 Å². The van der Waals surface area contributed by atoms with Gasteiger partial charge in [0.1, 0.15) is 28.2 Å². The Hall–Kier alpha value is -2.93. The molecular formula is C39H61N3O3S. The number of aromatic hydroxyl groups is 1. The van der Waals surface area contributed by atoms with Crippen LogP contribution in [0, 0.1) is 6.92 Å². The molecule has 1 atom stereocenters. The van der Waals surface area contributed by atoms with Gasteiger partial charge in [-0.15, -0.1) is 15.0 Å². The van der Waals surface area contributed by atoms with E-state index in [-0.39, 0.29) is 11.2 Å². The zero-order chi connectivity index (χ0) is 34.0. The number of carbonyl (C=O) groups is 1. The van der Waals surface area contributed by atoms with Crippen molar-refractivity contribution in [3.05, 3.63) is 53.6 Å². The second-order valence-corrected chi connectivity index (χ2v) is 15.5. The molecule has 46 heavy (non-hydrogen) atoms. The van der Waals surface area contributed by atoms with Crippen LogP contribution in [-0.4, -0.2) is 43.4 Å². The molecule has 0 aliphatic carbocycles. The Morgan fingerprint density at radius 3 is 2.07 bits per heavy atom. The minimum Gasteiger partial charge on any atom is -0.505 e. The van der Waals surface area contributed by atoms with Gasteiger partial charge in [0.05, 0.1) is 0 Å². The summed E-state index contributed by atoms with van der Waals surface area (Å²) < 4.78 is 5.50. The zero-order valence-corrected chi connectivity index (χ0v) is 30.7. The van der Waals surface area contributed by atoms with Crippen LogP contribution >= 0.6 is 10.5 Å². The SMILES string of the molecule is C=S(CC)CCC.CCCCCCCCCCCCC/C=C/C(=O)Oc1ccc2nn(-c3cc(C)cc(C(C)(C)C)c3O)nc2c1. The van der Waals surface area contributed by atoms with Crippen molar-refractivity contribution in [2.45, 2.75) is 137 Å². The molecule has 0 bridgehead atoms. The van der Waals surface area contributed by atoms with E-state index >= 15 is 0 Å². The van der Waals surface area contributed by atoms with Crippen molar-refractivity contribution in [1.29, 1.82) is 0 Å². The fourth-order valence-corrected chi connectivity index (χ4v) is 6.10. The normalized spacial score (nSPS) is 12.3. The first-order chi connectivity index (χ1) is 22.0. The van der Waals surface area contributed by atoms with E-state index in [9.17, 15) is 9.90 Å². The molecule has 1 heterocycles. The maximum atomic E-state index is 12.3. The lowest BCUT2D eigenvalue weighted by molar-refractivity contribution is -0.129. The first-order valence-electron chi connectivity index (χ1n) is 17.6. The standard InChI is InChI=1S/C33H47N3O3.C6H14S/c1-6-7-8-9-10-11-12-13-14-15-16-17-18-19-31(37)39-26-20-21-28-29(24-26)35-36(34-28)30-23-25(2)22-27(32(30)38)33(3,4)5;1-4-6-7(3)5-2/h18-24,38H,6-17H2,1-5H3;3-6H2,1-2H3/b19-18+;. The molecule has 0 aliphatic heterocycles. The highest BCUT2D eigenvalue weighted by atomic mass is 32.2. The van der Waals surface area contributed by atoms with Crippen molar-refractivity contribution in [3.8, 4) is 17.2 Å². The van der Waals surface area contributed by atoms with Crippen molar-refractivity contribution in [2.75, 3.05) is 11.5 Å². The summed E-state index contributed by atoms with van der Waals surface area (Å²) in [5.41, 5.74) is 3.40. The van der Waals surface area contributed by atoms with Crippen LogP contribution in [0.1, 0.15) is 136 Å². The molecule has 7 heteroatoms. The molecule has 0 fully saturated rings. The van der Waals surface area contributed by atoms with E-state index in [4.69, 9.17) is 4.74 Å². The summed E-state index contributed by atoms with van der Waals surface area (Å²) in [5, 5.41) is 20.0. The summed E-state index contributed by atoms with van der Waals surface area (Å²) in [7, 11) is 0.473. The lowest BCUT2D eigenvalue weighted by Gasteiger charge is -2.22. The van der Waals surface area contributed by atoms with Gasteiger partial charge in [0.2, 0.25) is 0 Å². The molecule has 0 spiro atoms. The summed E-state index contributed by atoms with van der Waals surface area (Å²) in [6.45, 7) is 14.8. The van der Waals surface area contributed by atoms with Crippen LogP contribution in [0.25, 0.3) is 16.7 Å². The molecule has 3 aromatic rings. The van der Waals surface area contributed by atoms with E-state index in [2.05, 4.69) is 57.6 Å². The molecule has 0 radical (unpaired) electrons. The van der Waals surface area contributed by atoms with Gasteiger partial charge in [0.25, 0.3) is 0 Å². The van der Waals surface area contributed by atoms with E-state index < -0.39 is 5.97 Å². The number of allylic oxidation sites excluding steroid dienone is 1. The number of aryl methyl sites for hydroxylation is 1. The first-order valence-corrected chi connectivity index (χ1v) is 19.3. The van der Waals surface area contributed by atoms with Crippen LogP contribution in [0.15, 0.2) is 42.5 Å². The van der Waals surface area contributed by atoms with Gasteiger partial charge in [-0.25, -0.2) is 4.79 Å². The van der Waals surface area contributed by atoms with Crippen LogP contribution in [0.3, 0.4) is 0 Å². The minimum absolute atomic E-state index is 0.169. The number of benzene rings is 2. The second-order valence-electron chi connectivity index (χ2n) is 13.3. The third-order valence-electron chi connectivity index (χ3n) is 7.96. The number of hydrogen-bond acceptors (Lipinski definition) is 5. The van der Waals surface area contributed by atoms with Crippen molar-refractivity contribution >= 4 is 33.4 Å². The quantitative estimate of drug-likeness (QED) is 0.0487. The van der Waals surface area contributed by atoms with E-state index in [1.807, 2.05) is 25.1 Å². The molecule has 1 unspecified atom stereocenters. The molecule has 0 saturated heterocycles. The van der Waals surface area contributed by atoms with Crippen molar-refractivity contribution < 1.29 is 14.6 Å². The fraction of sp³-hybridized carbons (Fsp3) is 0.590. The van der Waals surface area contributed by atoms with Crippen LogP contribution in [-0.2, 0) is 10.2 Å². The highest BCUT2D eigenvalue weighted by Crippen LogP contribution is 2.36. The first kappa shape index (κ1) is 39.2. The van der Waals surface area contributed by atoms with Gasteiger partial charge in [-0.1, -0.05) is 124 Å². The predicted molar refractivity (Wildman–Crippen MR) is 200 cm³/mol. The molecule has 256 valence electrons. The minimum atomic E-state index is -0.393. The molecule has 2 aromatic carbocycles. The number of fused-ring (bicyclic) bond motifs is 1. The molecular weight excluding hydrogens is 591 g/mol. The number of nitrogens with zero attached hydrogens (tertiary/aromatic N) is 3. The summed E-state index contributed by atoms with van der Waals surface area (Å²) in [4.78, 5) is 13.8. The third-order valence-corrected chi connectivity index (χ3v) is 9.76. The third kappa shape index (κ3) is 14.2. The number of hydrogen-bond donors (Lipinski definition) is 1. The number of unbranched alkanes of at least 4 members (excludes halogenated alkanes) is 11. The number of rotatable bonds is 18. The van der Waals surface area contributed by atoms with Crippen LogP contribution in [0.2, 0.25) is 0 Å². The Kier molecular flexibility index (Phi) is 18.0. The second kappa shape index (κ2) is 21.0. The number of phenols is 1. The topological polar surface area (TPSA) is 77.2 Å². The molecule has 6 nitrogen and oxygen atoms in total. The molecule has 3 rings (SSSR count). The maximum absolute atomic E-state index is 12.3. The smallest absolute Gasteiger partial charge is 0.335 e. The molecule has 0 amide bonds. The highest BCUT2D eigenvalue weighted by molar-refractivity contribution is 8.14. The summed E-state index contributed by atoms with van der Waals surface area (Å²) in [5.74, 6) is 6.74. The molecule has 0 saturated carbocycles. The average Bonchev–Trinajstić information content (AvgIpc) is 3.43. The fourth-order valence-electron chi connectivity index (χ4n) is 5.24. The average molecular weight is 652 g/mol. The Morgan fingerprint density at radius 2 is 1.50 bits per heavy atom. The zero-order valence-electron chi connectivity index (χ0n) is 29.9. The molecule has 1 N–H and O–H groups in total. The largest absolute Gasteiger partial charge is 0.505 e. The van der Waals surface area contributed by atoms with Crippen LogP contribution in [0.4, 0.5) is 0 Å². The van der Waals surface area contributed by atoms with Gasteiger partial charge in [-0.05, 0) is 66.9 Å². The van der Waals surface area contributed by atoms with Gasteiger partial charge in [0.15, 0.2) is 0 Å². The van der Waals surface area contributed by atoms with Gasteiger partial charge in [-0.2, -0.15) is 10.5 Å². The van der Waals surface area contributed by atoms with Crippen molar-refractivity contribution in [2.24, 2.45) is 0 Å². The summed E-state index contributed by atoms with van der Waals surface area (Å²) in [6.07, 6.45) is 20.0. The lowest BCUT2D eigenvalue weighted by Crippen LogP contribution is -2.13. The van der Waals surface area contributed by atoms with Crippen molar-refractivity contribution in [1.82, 2.24) is 15.0 Å². The Labute approximate surface area is 281 Å². The molecule has 1 aromatic heterocycles. The van der Waals surface area contributed by atoms with E-state index in [0.717, 1.165) is 24.0 Å².